The summed E-state index contributed by atoms with van der Waals surface area (Å²) < 4.78 is 38.3. The van der Waals surface area contributed by atoms with E-state index in [-0.39, 0.29) is 30.8 Å². The van der Waals surface area contributed by atoms with Crippen LogP contribution >= 0.6 is 0 Å². The van der Waals surface area contributed by atoms with Gasteiger partial charge in [-0.25, -0.2) is 15.1 Å². The molecule has 0 amide bonds. The predicted molar refractivity (Wildman–Crippen MR) is 116 cm³/mol. The van der Waals surface area contributed by atoms with Crippen LogP contribution in [0.1, 0.15) is 36.4 Å². The van der Waals surface area contributed by atoms with Gasteiger partial charge in [-0.2, -0.15) is 8.42 Å². The van der Waals surface area contributed by atoms with Crippen LogP contribution in [0.15, 0.2) is 36.7 Å². The maximum atomic E-state index is 11.0. The second-order valence-corrected chi connectivity index (χ2v) is 9.41. The van der Waals surface area contributed by atoms with Gasteiger partial charge in [-0.05, 0) is 30.4 Å². The number of nitrogens with one attached hydrogen (secondary N) is 1. The zero-order valence-corrected chi connectivity index (χ0v) is 18.6. The molecule has 0 spiro atoms. The highest BCUT2D eigenvalue weighted by atomic mass is 32.2. The van der Waals surface area contributed by atoms with Crippen LogP contribution in [0.5, 0.6) is 5.88 Å². The Labute approximate surface area is 187 Å². The van der Waals surface area contributed by atoms with Gasteiger partial charge >= 0.3 is 10.3 Å². The highest BCUT2D eigenvalue weighted by Gasteiger charge is 2.36. The van der Waals surface area contributed by atoms with Gasteiger partial charge in [-0.1, -0.05) is 24.3 Å². The molecule has 2 aliphatic rings. The molecule has 0 aliphatic heterocycles. The molecule has 1 saturated carbocycles. The van der Waals surface area contributed by atoms with Crippen LogP contribution in [0.3, 0.4) is 0 Å². The Hall–Kier alpha value is -2.31. The monoisotopic (exact) mass is 464 g/mol. The topological polar surface area (TPSA) is 146 Å². The molecule has 10 nitrogen and oxygen atoms in total. The van der Waals surface area contributed by atoms with Crippen molar-refractivity contribution in [3.63, 3.8) is 0 Å². The average Bonchev–Trinajstić information content (AvgIpc) is 3.11. The van der Waals surface area contributed by atoms with Crippen LogP contribution in [-0.2, 0) is 25.6 Å². The van der Waals surface area contributed by atoms with E-state index < -0.39 is 16.4 Å². The third kappa shape index (κ3) is 5.54. The van der Waals surface area contributed by atoms with E-state index in [0.717, 1.165) is 12.8 Å². The summed E-state index contributed by atoms with van der Waals surface area (Å²) in [5.41, 5.74) is 2.47. The first kappa shape index (κ1) is 22.9. The first-order chi connectivity index (χ1) is 15.3. The highest BCUT2D eigenvalue weighted by Crippen LogP contribution is 2.35. The van der Waals surface area contributed by atoms with Crippen molar-refractivity contribution < 1.29 is 27.2 Å². The number of fused-ring (bicyclic) bond motifs is 1. The van der Waals surface area contributed by atoms with E-state index in [9.17, 15) is 13.5 Å². The summed E-state index contributed by atoms with van der Waals surface area (Å²) >= 11 is 0. The normalized spacial score (nSPS) is 27.7. The Morgan fingerprint density at radius 2 is 2.06 bits per heavy atom. The maximum absolute atomic E-state index is 11.0. The third-order valence-corrected chi connectivity index (χ3v) is 6.52. The lowest BCUT2D eigenvalue weighted by Crippen LogP contribution is -2.32. The quantitative estimate of drug-likeness (QED) is 0.526. The summed E-state index contributed by atoms with van der Waals surface area (Å²) in [6.45, 7) is -0.185. The number of nitrogens with two attached hydrogens (primary N) is 1. The van der Waals surface area contributed by atoms with Crippen molar-refractivity contribution in [3.05, 3.63) is 47.8 Å². The zero-order chi connectivity index (χ0) is 22.7. The Bertz CT molecular complexity index is 1040. The summed E-state index contributed by atoms with van der Waals surface area (Å²) in [4.78, 5) is 8.51. The summed E-state index contributed by atoms with van der Waals surface area (Å²) in [5.74, 6) is 0.580. The molecule has 4 rings (SSSR count). The van der Waals surface area contributed by atoms with Crippen LogP contribution < -0.4 is 15.2 Å². The molecule has 1 aromatic heterocycles. The molecule has 1 fully saturated rings. The largest absolute Gasteiger partial charge is 0.474 e. The van der Waals surface area contributed by atoms with E-state index in [1.54, 1.807) is 13.2 Å². The Balaban J connectivity index is 1.42. The number of aryl methyl sites for hydroxylation is 1. The summed E-state index contributed by atoms with van der Waals surface area (Å²) in [5, 5.41) is 18.5. The number of ether oxygens (including phenoxy) is 2. The lowest BCUT2D eigenvalue weighted by atomic mass is 9.85. The standard InChI is InChI=1S/C21H28N4O6S/c1-29-18-7-6-13-4-2-3-5-16(13)21(18)25-19-10-20(24-12-23-19)31-15-8-14(17(26)9-15)11-30-32(22,27)28/h2-5,10,12,14-15,17-18,21,26H,6-9,11H2,1H3,(H2,22,27,28)(H,23,24,25)/t14-,15+,17-,18-,21+/m0/s1. The number of aliphatic hydroxyl groups excluding tert-OH is 1. The van der Waals surface area contributed by atoms with Crippen molar-refractivity contribution >= 4 is 16.1 Å². The minimum Gasteiger partial charge on any atom is -0.474 e. The summed E-state index contributed by atoms with van der Waals surface area (Å²) in [7, 11) is -2.34. The number of rotatable bonds is 8. The molecular weight excluding hydrogens is 436 g/mol. The Morgan fingerprint density at radius 1 is 1.25 bits per heavy atom. The fourth-order valence-corrected chi connectivity index (χ4v) is 4.84. The fourth-order valence-electron chi connectivity index (χ4n) is 4.48. The molecule has 0 radical (unpaired) electrons. The van der Waals surface area contributed by atoms with Gasteiger partial charge in [0.15, 0.2) is 0 Å². The van der Waals surface area contributed by atoms with Gasteiger partial charge < -0.3 is 19.9 Å². The Kier molecular flexibility index (Phi) is 6.91. The van der Waals surface area contributed by atoms with E-state index in [1.165, 1.54) is 17.5 Å². The SMILES string of the molecule is CO[C@H]1CCc2ccccc2[C@H]1Nc1cc(O[C@@H]2C[C@@H](COS(N)(=O)=O)[C@@H](O)C2)ncn1. The number of nitrogens with zero attached hydrogens (tertiary/aromatic N) is 2. The highest BCUT2D eigenvalue weighted by molar-refractivity contribution is 7.84. The van der Waals surface area contributed by atoms with Crippen molar-refractivity contribution in [2.24, 2.45) is 11.1 Å². The van der Waals surface area contributed by atoms with Crippen LogP contribution in [-0.4, -0.2) is 55.5 Å². The molecule has 11 heteroatoms. The average molecular weight is 465 g/mol. The van der Waals surface area contributed by atoms with Gasteiger partial charge in [0.25, 0.3) is 0 Å². The molecule has 0 saturated heterocycles. The molecule has 1 heterocycles. The number of anilines is 1. The molecule has 4 N–H and O–H groups in total. The van der Waals surface area contributed by atoms with Gasteiger partial charge in [-0.15, -0.1) is 0 Å². The minimum absolute atomic E-state index is 0.00814. The molecule has 0 bridgehead atoms. The van der Waals surface area contributed by atoms with Crippen LogP contribution in [0.4, 0.5) is 5.82 Å². The number of benzene rings is 1. The Morgan fingerprint density at radius 3 is 2.84 bits per heavy atom. The first-order valence-corrected chi connectivity index (χ1v) is 12.0. The summed E-state index contributed by atoms with van der Waals surface area (Å²) in [6, 6.07) is 9.94. The van der Waals surface area contributed by atoms with Crippen molar-refractivity contribution in [1.29, 1.82) is 0 Å². The van der Waals surface area contributed by atoms with E-state index >= 15 is 0 Å². The van der Waals surface area contributed by atoms with Crippen LogP contribution in [0, 0.1) is 5.92 Å². The zero-order valence-electron chi connectivity index (χ0n) is 17.8. The minimum atomic E-state index is -4.05. The molecule has 1 aromatic carbocycles. The number of aromatic nitrogens is 2. The van der Waals surface area contributed by atoms with Gasteiger partial charge in [0.1, 0.15) is 18.2 Å². The molecule has 2 aromatic rings. The van der Waals surface area contributed by atoms with Crippen LogP contribution in [0.25, 0.3) is 0 Å². The molecule has 5 atom stereocenters. The molecule has 174 valence electrons. The van der Waals surface area contributed by atoms with Crippen molar-refractivity contribution in [2.75, 3.05) is 19.0 Å². The van der Waals surface area contributed by atoms with Crippen molar-refractivity contribution in [3.8, 4) is 5.88 Å². The van der Waals surface area contributed by atoms with E-state index in [2.05, 4.69) is 31.6 Å². The molecule has 32 heavy (non-hydrogen) atoms. The lowest BCUT2D eigenvalue weighted by Gasteiger charge is -2.33. The van der Waals surface area contributed by atoms with Gasteiger partial charge in [0.2, 0.25) is 5.88 Å². The number of methoxy groups -OCH3 is 1. The van der Waals surface area contributed by atoms with Crippen molar-refractivity contribution in [1.82, 2.24) is 9.97 Å². The third-order valence-electron chi connectivity index (χ3n) is 6.06. The van der Waals surface area contributed by atoms with Gasteiger partial charge in [0.05, 0.1) is 24.9 Å². The smallest absolute Gasteiger partial charge is 0.333 e. The second-order valence-electron chi connectivity index (χ2n) is 8.19. The van der Waals surface area contributed by atoms with E-state index in [1.807, 2.05) is 12.1 Å². The predicted octanol–water partition coefficient (Wildman–Crippen LogP) is 1.33. The van der Waals surface area contributed by atoms with Crippen molar-refractivity contribution in [2.45, 2.75) is 50.0 Å². The fraction of sp³-hybridized carbons (Fsp3) is 0.524. The van der Waals surface area contributed by atoms with Gasteiger partial charge in [-0.3, -0.25) is 4.18 Å². The second kappa shape index (κ2) is 9.67. The van der Waals surface area contributed by atoms with E-state index in [0.29, 0.717) is 24.5 Å². The van der Waals surface area contributed by atoms with Gasteiger partial charge in [0, 0.05) is 25.5 Å². The summed E-state index contributed by atoms with van der Waals surface area (Å²) in [6.07, 6.45) is 2.98. The molecule has 0 unspecified atom stereocenters. The van der Waals surface area contributed by atoms with E-state index in [4.69, 9.17) is 14.6 Å². The molecular formula is C21H28N4O6S. The maximum Gasteiger partial charge on any atom is 0.333 e. The number of hydrogen-bond acceptors (Lipinski definition) is 9. The first-order valence-electron chi connectivity index (χ1n) is 10.5. The lowest BCUT2D eigenvalue weighted by molar-refractivity contribution is 0.0735. The number of aliphatic hydroxyl groups is 1. The number of hydrogen-bond donors (Lipinski definition) is 3. The van der Waals surface area contributed by atoms with Crippen LogP contribution in [0.2, 0.25) is 0 Å². The molecule has 2 aliphatic carbocycles.